The van der Waals surface area contributed by atoms with Crippen molar-refractivity contribution < 1.29 is 23.8 Å². The van der Waals surface area contributed by atoms with Gasteiger partial charge in [-0.25, -0.2) is 4.52 Å². The van der Waals surface area contributed by atoms with Crippen LogP contribution in [0.15, 0.2) is 36.7 Å². The molecule has 3 aromatic rings. The van der Waals surface area contributed by atoms with E-state index in [1.165, 1.54) is 0 Å². The molecule has 1 unspecified atom stereocenters. The number of rotatable bonds is 6. The monoisotopic (exact) mass is 491 g/mol. The normalized spacial score (nSPS) is 21.7. The summed E-state index contributed by atoms with van der Waals surface area (Å²) < 4.78 is 18.6. The maximum atomic E-state index is 13.1. The Morgan fingerprint density at radius 3 is 2.97 bits per heavy atom. The molecule has 2 atom stereocenters. The van der Waals surface area contributed by atoms with Gasteiger partial charge in [-0.05, 0) is 36.6 Å². The van der Waals surface area contributed by atoms with Crippen molar-refractivity contribution in [3.8, 4) is 17.0 Å². The van der Waals surface area contributed by atoms with Gasteiger partial charge in [0.25, 0.3) is 5.91 Å². The number of Topliss-reactive ketones (excluding diaryl/α,β-unsaturated/α-hetero) is 1. The molecular formula is C26H29N5O5. The molecule has 2 fully saturated rings. The van der Waals surface area contributed by atoms with Gasteiger partial charge in [0.15, 0.2) is 11.4 Å². The van der Waals surface area contributed by atoms with Crippen LogP contribution in [0, 0.1) is 5.92 Å². The van der Waals surface area contributed by atoms with Crippen molar-refractivity contribution in [1.82, 2.24) is 19.5 Å². The Bertz CT molecular complexity index is 1300. The molecule has 2 aliphatic heterocycles. The highest BCUT2D eigenvalue weighted by Gasteiger charge is 2.40. The molecule has 1 amide bonds. The first kappa shape index (κ1) is 22.9. The zero-order chi connectivity index (χ0) is 24.6. The minimum Gasteiger partial charge on any atom is -0.475 e. The summed E-state index contributed by atoms with van der Waals surface area (Å²) in [5.74, 6) is 0.688. The van der Waals surface area contributed by atoms with Crippen LogP contribution in [-0.2, 0) is 14.3 Å². The molecule has 1 aromatic carbocycles. The number of carbonyl (C=O) groups excluding carboxylic acids is 2. The highest BCUT2D eigenvalue weighted by atomic mass is 16.5. The van der Waals surface area contributed by atoms with Crippen LogP contribution in [0.25, 0.3) is 16.8 Å². The lowest BCUT2D eigenvalue weighted by molar-refractivity contribution is -0.138. The van der Waals surface area contributed by atoms with Gasteiger partial charge >= 0.3 is 0 Å². The number of nitrogens with zero attached hydrogens (tertiary/aromatic N) is 4. The summed E-state index contributed by atoms with van der Waals surface area (Å²) in [6, 6.07) is 7.45. The van der Waals surface area contributed by atoms with Gasteiger partial charge < -0.3 is 24.4 Å². The standard InChI is InChI=1S/C26H29N5O5/c1-34-8-9-35-22-13-20-15-36-23-4-6-31-25(29-23)21(14-28-31)17-10-18(24(32)16-2-3-16)12-19(11-17)27-5-7-30(20)26(22)33/h4,6,10-12,14,16,20,22,27H,2-3,5,7-9,13,15H2,1H3/t20-,22?/m0/s1. The number of methoxy groups -OCH3 is 1. The highest BCUT2D eigenvalue weighted by molar-refractivity contribution is 6.01. The Balaban J connectivity index is 1.35. The largest absolute Gasteiger partial charge is 0.475 e. The number of hydrogen-bond acceptors (Lipinski definition) is 8. The number of ether oxygens (including phenoxy) is 3. The van der Waals surface area contributed by atoms with Gasteiger partial charge in [0.2, 0.25) is 5.88 Å². The van der Waals surface area contributed by atoms with Crippen molar-refractivity contribution in [2.24, 2.45) is 5.92 Å². The van der Waals surface area contributed by atoms with Crippen LogP contribution in [0.3, 0.4) is 0 Å². The van der Waals surface area contributed by atoms with Crippen LogP contribution in [-0.4, -0.2) is 83.4 Å². The van der Waals surface area contributed by atoms with Crippen LogP contribution >= 0.6 is 0 Å². The topological polar surface area (TPSA) is 107 Å². The van der Waals surface area contributed by atoms with E-state index in [4.69, 9.17) is 19.2 Å². The molecule has 3 aliphatic rings. The quantitative estimate of drug-likeness (QED) is 0.414. The van der Waals surface area contributed by atoms with E-state index < -0.39 is 6.10 Å². The van der Waals surface area contributed by atoms with E-state index in [-0.39, 0.29) is 23.7 Å². The van der Waals surface area contributed by atoms with Gasteiger partial charge in [0.1, 0.15) is 12.7 Å². The molecule has 188 valence electrons. The highest BCUT2D eigenvalue weighted by Crippen LogP contribution is 2.35. The minimum atomic E-state index is -0.521. The molecule has 0 radical (unpaired) electrons. The van der Waals surface area contributed by atoms with E-state index in [0.717, 1.165) is 29.7 Å². The third kappa shape index (κ3) is 4.42. The first-order chi connectivity index (χ1) is 17.6. The molecule has 6 rings (SSSR count). The molecule has 36 heavy (non-hydrogen) atoms. The fourth-order valence-corrected chi connectivity index (χ4v) is 4.95. The summed E-state index contributed by atoms with van der Waals surface area (Å²) in [6.07, 6.45) is 5.47. The molecule has 4 bridgehead atoms. The molecule has 2 aromatic heterocycles. The van der Waals surface area contributed by atoms with E-state index in [0.29, 0.717) is 56.4 Å². The van der Waals surface area contributed by atoms with Crippen molar-refractivity contribution in [3.05, 3.63) is 42.2 Å². The Labute approximate surface area is 208 Å². The number of aromatic nitrogens is 3. The lowest BCUT2D eigenvalue weighted by Gasteiger charge is -2.25. The first-order valence-electron chi connectivity index (χ1n) is 12.4. The number of anilines is 1. The molecule has 10 nitrogen and oxygen atoms in total. The average molecular weight is 492 g/mol. The van der Waals surface area contributed by atoms with Crippen molar-refractivity contribution in [2.75, 3.05) is 45.3 Å². The summed E-state index contributed by atoms with van der Waals surface area (Å²) in [6.45, 7) is 2.12. The lowest BCUT2D eigenvalue weighted by atomic mass is 10.00. The van der Waals surface area contributed by atoms with Crippen LogP contribution in [0.1, 0.15) is 29.6 Å². The maximum Gasteiger partial charge on any atom is 0.252 e. The van der Waals surface area contributed by atoms with E-state index in [1.54, 1.807) is 30.1 Å². The maximum absolute atomic E-state index is 13.1. The van der Waals surface area contributed by atoms with Gasteiger partial charge in [0.05, 0.1) is 25.5 Å². The van der Waals surface area contributed by atoms with Crippen molar-refractivity contribution in [3.63, 3.8) is 0 Å². The molecule has 10 heteroatoms. The first-order valence-corrected chi connectivity index (χ1v) is 12.4. The molecular weight excluding hydrogens is 462 g/mol. The average Bonchev–Trinajstić information content (AvgIpc) is 3.59. The predicted octanol–water partition coefficient (Wildman–Crippen LogP) is 2.43. The van der Waals surface area contributed by atoms with Crippen molar-refractivity contribution in [2.45, 2.75) is 31.4 Å². The molecule has 4 heterocycles. The molecule has 1 saturated heterocycles. The summed E-state index contributed by atoms with van der Waals surface area (Å²) in [4.78, 5) is 32.6. The number of hydrogen-bond donors (Lipinski definition) is 1. The van der Waals surface area contributed by atoms with E-state index >= 15 is 0 Å². The third-order valence-corrected chi connectivity index (χ3v) is 7.02. The predicted molar refractivity (Wildman–Crippen MR) is 131 cm³/mol. The van der Waals surface area contributed by atoms with Crippen LogP contribution in [0.2, 0.25) is 0 Å². The lowest BCUT2D eigenvalue weighted by Crippen LogP contribution is -2.41. The van der Waals surface area contributed by atoms with Gasteiger partial charge in [-0.1, -0.05) is 0 Å². The zero-order valence-electron chi connectivity index (χ0n) is 20.2. The van der Waals surface area contributed by atoms with E-state index in [2.05, 4.69) is 10.4 Å². The fourth-order valence-electron chi connectivity index (χ4n) is 4.95. The Morgan fingerprint density at radius 2 is 2.14 bits per heavy atom. The number of ketones is 1. The van der Waals surface area contributed by atoms with E-state index in [9.17, 15) is 9.59 Å². The fraction of sp³-hybridized carbons (Fsp3) is 0.462. The Kier molecular flexibility index (Phi) is 6.06. The van der Waals surface area contributed by atoms with E-state index in [1.807, 2.05) is 23.1 Å². The van der Waals surface area contributed by atoms with Crippen LogP contribution in [0.5, 0.6) is 5.88 Å². The van der Waals surface area contributed by atoms with Gasteiger partial charge in [-0.3, -0.25) is 9.59 Å². The second-order valence-electron chi connectivity index (χ2n) is 9.54. The molecule has 1 aliphatic carbocycles. The van der Waals surface area contributed by atoms with Crippen molar-refractivity contribution >= 4 is 23.0 Å². The van der Waals surface area contributed by atoms with Crippen LogP contribution < -0.4 is 10.1 Å². The number of nitrogens with one attached hydrogen (secondary N) is 1. The number of fused-ring (bicyclic) bond motifs is 5. The summed E-state index contributed by atoms with van der Waals surface area (Å²) >= 11 is 0. The second kappa shape index (κ2) is 9.51. The SMILES string of the molecule is COCCOC1C[C@H]2COc3ccn4ncc(c4n3)-c3cc(cc(C(=O)C4CC4)c3)NCCN2C1=O. The zero-order valence-corrected chi connectivity index (χ0v) is 20.2. The summed E-state index contributed by atoms with van der Waals surface area (Å²) in [7, 11) is 1.61. The Hall–Kier alpha value is -3.50. The summed E-state index contributed by atoms with van der Waals surface area (Å²) in [5, 5.41) is 7.88. The number of benzene rings is 1. The molecule has 0 spiro atoms. The smallest absolute Gasteiger partial charge is 0.252 e. The third-order valence-electron chi connectivity index (χ3n) is 7.02. The number of carbonyl (C=O) groups is 2. The second-order valence-corrected chi connectivity index (χ2v) is 9.54. The Morgan fingerprint density at radius 1 is 1.25 bits per heavy atom. The minimum absolute atomic E-state index is 0.0477. The number of amides is 1. The van der Waals surface area contributed by atoms with Crippen molar-refractivity contribution in [1.29, 1.82) is 0 Å². The van der Waals surface area contributed by atoms with Gasteiger partial charge in [-0.2, -0.15) is 10.1 Å². The van der Waals surface area contributed by atoms with Gasteiger partial charge in [-0.15, -0.1) is 0 Å². The van der Waals surface area contributed by atoms with Crippen LogP contribution in [0.4, 0.5) is 5.69 Å². The molecule has 1 saturated carbocycles. The molecule has 1 N–H and O–H groups in total. The summed E-state index contributed by atoms with van der Waals surface area (Å²) in [5.41, 5.74) is 3.85. The van der Waals surface area contributed by atoms with Gasteiger partial charge in [0, 0.05) is 61.6 Å².